The molecule has 6 heteroatoms. The minimum atomic E-state index is -5.11. The first-order valence-electron chi connectivity index (χ1n) is 3.92. The second kappa shape index (κ2) is 4.00. The molecule has 0 amide bonds. The maximum absolute atomic E-state index is 12.6. The first-order chi connectivity index (χ1) is 6.45. The third-order valence-corrected chi connectivity index (χ3v) is 1.76. The Balaban J connectivity index is 3.15. The highest BCUT2D eigenvalue weighted by Crippen LogP contribution is 2.14. The molecule has 1 rings (SSSR count). The molecule has 0 aliphatic rings. The molecule has 0 saturated heterocycles. The van der Waals surface area contributed by atoms with Crippen LogP contribution in [0.15, 0.2) is 18.2 Å². The molecule has 0 N–H and O–H groups in total. The van der Waals surface area contributed by atoms with E-state index in [0.29, 0.717) is 0 Å². The molecular weight excluding hydrogens is 199 g/mol. The van der Waals surface area contributed by atoms with E-state index in [9.17, 15) is 17.3 Å². The van der Waals surface area contributed by atoms with Gasteiger partial charge in [-0.15, -0.1) is 5.46 Å². The van der Waals surface area contributed by atoms with Crippen LogP contribution in [0.1, 0.15) is 5.56 Å². The van der Waals surface area contributed by atoms with Crippen molar-refractivity contribution in [3.63, 3.8) is 0 Å². The zero-order chi connectivity index (χ0) is 10.8. The highest BCUT2D eigenvalue weighted by molar-refractivity contribution is 6.74. The van der Waals surface area contributed by atoms with E-state index in [1.165, 1.54) is 7.11 Å². The maximum atomic E-state index is 12.6. The van der Waals surface area contributed by atoms with Gasteiger partial charge < -0.3 is 17.7 Å². The molecule has 0 saturated carbocycles. The molecule has 78 valence electrons. The Morgan fingerprint density at radius 2 is 1.93 bits per heavy atom. The number of hydrogen-bond donors (Lipinski definition) is 0. The van der Waals surface area contributed by atoms with Gasteiger partial charge in [-0.25, -0.2) is 4.39 Å². The SMILES string of the molecule is COCc1cc(F)ccc1[B-](F)(F)F. The van der Waals surface area contributed by atoms with Crippen molar-refractivity contribution in [2.45, 2.75) is 6.61 Å². The maximum Gasteiger partial charge on any atom is 0.509 e. The zero-order valence-electron chi connectivity index (χ0n) is 7.44. The predicted molar refractivity (Wildman–Crippen MR) is 45.8 cm³/mol. The van der Waals surface area contributed by atoms with Crippen LogP contribution in [-0.4, -0.2) is 14.1 Å². The normalized spacial score (nSPS) is 11.8. The third-order valence-electron chi connectivity index (χ3n) is 1.76. The second-order valence-electron chi connectivity index (χ2n) is 2.85. The molecule has 0 aliphatic carbocycles. The molecule has 0 radical (unpaired) electrons. The van der Waals surface area contributed by atoms with Crippen molar-refractivity contribution < 1.29 is 22.1 Å². The Hall–Kier alpha value is -1.04. The molecule has 1 aromatic rings. The Bertz CT molecular complexity index is 324. The topological polar surface area (TPSA) is 9.23 Å². The lowest BCUT2D eigenvalue weighted by Gasteiger charge is -2.19. The fourth-order valence-electron chi connectivity index (χ4n) is 1.17. The van der Waals surface area contributed by atoms with E-state index in [4.69, 9.17) is 0 Å². The van der Waals surface area contributed by atoms with Gasteiger partial charge in [0, 0.05) is 7.11 Å². The van der Waals surface area contributed by atoms with Gasteiger partial charge in [-0.2, -0.15) is 0 Å². The fraction of sp³-hybridized carbons (Fsp3) is 0.250. The van der Waals surface area contributed by atoms with Gasteiger partial charge in [0.15, 0.2) is 0 Å². The van der Waals surface area contributed by atoms with Gasteiger partial charge in [0.05, 0.1) is 6.61 Å². The quantitative estimate of drug-likeness (QED) is 0.544. The highest BCUT2D eigenvalue weighted by atomic mass is 19.4. The van der Waals surface area contributed by atoms with Crippen LogP contribution in [0.5, 0.6) is 0 Å². The van der Waals surface area contributed by atoms with Crippen molar-refractivity contribution >= 4 is 12.4 Å². The molecule has 0 bridgehead atoms. The molecule has 0 aromatic heterocycles. The smallest absolute Gasteiger partial charge is 0.445 e. The first-order valence-corrected chi connectivity index (χ1v) is 3.92. The van der Waals surface area contributed by atoms with E-state index in [-0.39, 0.29) is 12.2 Å². The number of hydrogen-bond acceptors (Lipinski definition) is 1. The lowest BCUT2D eigenvalue weighted by Crippen LogP contribution is -2.37. The van der Waals surface area contributed by atoms with Crippen molar-refractivity contribution in [2.75, 3.05) is 7.11 Å². The van der Waals surface area contributed by atoms with Gasteiger partial charge in [-0.3, -0.25) is 0 Å². The summed E-state index contributed by atoms with van der Waals surface area (Å²) in [6.45, 7) is -5.35. The first kappa shape index (κ1) is 11.0. The van der Waals surface area contributed by atoms with Gasteiger partial charge in [0.2, 0.25) is 0 Å². The summed E-state index contributed by atoms with van der Waals surface area (Å²) >= 11 is 0. The van der Waals surface area contributed by atoms with Gasteiger partial charge in [-0.05, 0) is 17.7 Å². The van der Waals surface area contributed by atoms with Crippen LogP contribution < -0.4 is 5.46 Å². The zero-order valence-corrected chi connectivity index (χ0v) is 7.44. The Morgan fingerprint density at radius 1 is 1.29 bits per heavy atom. The van der Waals surface area contributed by atoms with Gasteiger partial charge in [0.1, 0.15) is 5.82 Å². The number of halogens is 4. The summed E-state index contributed by atoms with van der Waals surface area (Å²) in [7, 11) is 1.26. The molecule has 0 aliphatic heterocycles. The van der Waals surface area contributed by atoms with Crippen molar-refractivity contribution in [2.24, 2.45) is 0 Å². The average molecular weight is 207 g/mol. The van der Waals surface area contributed by atoms with Gasteiger partial charge >= 0.3 is 6.98 Å². The monoisotopic (exact) mass is 207 g/mol. The molecule has 0 unspecified atom stereocenters. The molecule has 0 heterocycles. The summed E-state index contributed by atoms with van der Waals surface area (Å²) in [6.07, 6.45) is 0. The number of rotatable bonds is 3. The second-order valence-corrected chi connectivity index (χ2v) is 2.85. The Morgan fingerprint density at radius 3 is 2.43 bits per heavy atom. The molecule has 0 spiro atoms. The molecule has 0 atom stereocenters. The van der Waals surface area contributed by atoms with Gasteiger partial charge in [-0.1, -0.05) is 6.07 Å². The minimum absolute atomic E-state index is 0.167. The summed E-state index contributed by atoms with van der Waals surface area (Å²) < 4.78 is 54.4. The van der Waals surface area contributed by atoms with Crippen LogP contribution in [0.3, 0.4) is 0 Å². The molecule has 1 aromatic carbocycles. The summed E-state index contributed by atoms with van der Waals surface area (Å²) in [6, 6.07) is 2.38. The average Bonchev–Trinajstić information content (AvgIpc) is 2.02. The molecule has 1 nitrogen and oxygen atoms in total. The molecule has 14 heavy (non-hydrogen) atoms. The fourth-order valence-corrected chi connectivity index (χ4v) is 1.17. The molecule has 0 fully saturated rings. The standard InChI is InChI=1S/C8H8BF4O/c1-14-5-6-4-7(10)2-3-8(6)9(11,12)13/h2-4H,5H2,1H3/q-1. The summed E-state index contributed by atoms with van der Waals surface area (Å²) in [5.74, 6) is -0.694. The van der Waals surface area contributed by atoms with E-state index < -0.39 is 18.3 Å². The van der Waals surface area contributed by atoms with E-state index in [2.05, 4.69) is 4.74 Å². The summed E-state index contributed by atoms with van der Waals surface area (Å²) in [4.78, 5) is 0. The number of ether oxygens (including phenoxy) is 1. The Kier molecular flexibility index (Phi) is 3.15. The minimum Gasteiger partial charge on any atom is -0.445 e. The van der Waals surface area contributed by atoms with Crippen LogP contribution >= 0.6 is 0 Å². The van der Waals surface area contributed by atoms with E-state index in [0.717, 1.165) is 18.2 Å². The third kappa shape index (κ3) is 2.48. The van der Waals surface area contributed by atoms with E-state index in [1.54, 1.807) is 0 Å². The van der Waals surface area contributed by atoms with Crippen molar-refractivity contribution in [3.05, 3.63) is 29.6 Å². The number of methoxy groups -OCH3 is 1. The van der Waals surface area contributed by atoms with Crippen LogP contribution in [0.2, 0.25) is 0 Å². The van der Waals surface area contributed by atoms with Crippen molar-refractivity contribution in [1.82, 2.24) is 0 Å². The number of benzene rings is 1. The lowest BCUT2D eigenvalue weighted by atomic mass is 9.77. The lowest BCUT2D eigenvalue weighted by molar-refractivity contribution is 0.185. The largest absolute Gasteiger partial charge is 0.509 e. The van der Waals surface area contributed by atoms with E-state index >= 15 is 0 Å². The van der Waals surface area contributed by atoms with E-state index in [1.807, 2.05) is 0 Å². The summed E-state index contributed by atoms with van der Waals surface area (Å²) in [5, 5.41) is 0. The van der Waals surface area contributed by atoms with Crippen LogP contribution in [0.25, 0.3) is 0 Å². The molecular formula is C8H8BF4O-. The van der Waals surface area contributed by atoms with Crippen LogP contribution in [0.4, 0.5) is 17.3 Å². The van der Waals surface area contributed by atoms with Crippen molar-refractivity contribution in [1.29, 1.82) is 0 Å². The predicted octanol–water partition coefficient (Wildman–Crippen LogP) is 2.03. The van der Waals surface area contributed by atoms with Crippen molar-refractivity contribution in [3.8, 4) is 0 Å². The van der Waals surface area contributed by atoms with Crippen LogP contribution in [0, 0.1) is 5.82 Å². The van der Waals surface area contributed by atoms with Gasteiger partial charge in [0.25, 0.3) is 0 Å². The highest BCUT2D eigenvalue weighted by Gasteiger charge is 2.28. The summed E-state index contributed by atoms with van der Waals surface area (Å²) in [5.41, 5.74) is -0.965. The Labute approximate surface area is 78.7 Å². The van der Waals surface area contributed by atoms with Crippen LogP contribution in [-0.2, 0) is 11.3 Å².